The third-order valence-electron chi connectivity index (χ3n) is 2.66. The zero-order chi connectivity index (χ0) is 13.1. The van der Waals surface area contributed by atoms with E-state index in [1.165, 1.54) is 16.3 Å². The highest BCUT2D eigenvalue weighted by Crippen LogP contribution is 2.17. The van der Waals surface area contributed by atoms with Crippen molar-refractivity contribution in [2.75, 3.05) is 0 Å². The summed E-state index contributed by atoms with van der Waals surface area (Å²) in [5, 5.41) is 10.7. The summed E-state index contributed by atoms with van der Waals surface area (Å²) in [5.74, 6) is 0. The minimum atomic E-state index is -0.638. The third kappa shape index (κ3) is 2.26. The predicted molar refractivity (Wildman–Crippen MR) is 68.8 cm³/mol. The lowest BCUT2D eigenvalue weighted by atomic mass is 10.2. The quantitative estimate of drug-likeness (QED) is 0.898. The maximum Gasteiger partial charge on any atom is 0.328 e. The number of nitriles is 1. The number of thiophene rings is 1. The molecule has 2 aromatic rings. The molecule has 2 aromatic heterocycles. The van der Waals surface area contributed by atoms with Gasteiger partial charge in [-0.05, 0) is 23.4 Å². The molecule has 0 amide bonds. The molecule has 0 spiro atoms. The minimum absolute atomic E-state index is 0.0517. The van der Waals surface area contributed by atoms with Gasteiger partial charge in [-0.3, -0.25) is 14.3 Å². The summed E-state index contributed by atoms with van der Waals surface area (Å²) < 4.78 is 1.35. The first-order valence-electron chi connectivity index (χ1n) is 5.44. The van der Waals surface area contributed by atoms with Crippen LogP contribution in [0, 0.1) is 11.3 Å². The molecule has 0 unspecified atom stereocenters. The van der Waals surface area contributed by atoms with Crippen LogP contribution in [0.5, 0.6) is 0 Å². The largest absolute Gasteiger partial charge is 0.328 e. The molecule has 0 saturated heterocycles. The molecule has 0 saturated carbocycles. The SMILES string of the molecule is CCc1ccsc1Cn1cc(C#N)c(=O)[nH]c1=O. The Kier molecular flexibility index (Phi) is 3.44. The van der Waals surface area contributed by atoms with Crippen molar-refractivity contribution in [2.24, 2.45) is 0 Å². The number of rotatable bonds is 3. The lowest BCUT2D eigenvalue weighted by Gasteiger charge is -2.05. The van der Waals surface area contributed by atoms with Crippen LogP contribution in [0.4, 0.5) is 0 Å². The van der Waals surface area contributed by atoms with E-state index in [2.05, 4.69) is 4.98 Å². The molecule has 92 valence electrons. The average Bonchev–Trinajstić information content (AvgIpc) is 2.79. The Balaban J connectivity index is 2.44. The summed E-state index contributed by atoms with van der Waals surface area (Å²) in [6.07, 6.45) is 2.20. The molecule has 6 heteroatoms. The van der Waals surface area contributed by atoms with E-state index >= 15 is 0 Å². The maximum atomic E-state index is 11.6. The summed E-state index contributed by atoms with van der Waals surface area (Å²) in [6, 6.07) is 3.79. The molecule has 0 fully saturated rings. The van der Waals surface area contributed by atoms with E-state index in [4.69, 9.17) is 5.26 Å². The van der Waals surface area contributed by atoms with E-state index in [0.29, 0.717) is 6.54 Å². The number of aromatic amines is 1. The fourth-order valence-corrected chi connectivity index (χ4v) is 2.66. The second-order valence-corrected chi connectivity index (χ2v) is 4.76. The first-order valence-corrected chi connectivity index (χ1v) is 6.32. The monoisotopic (exact) mass is 261 g/mol. The van der Waals surface area contributed by atoms with E-state index in [0.717, 1.165) is 11.3 Å². The molecule has 1 N–H and O–H groups in total. The molecule has 0 atom stereocenters. The minimum Gasteiger partial charge on any atom is -0.294 e. The molecule has 0 aliphatic heterocycles. The number of nitrogens with one attached hydrogen (secondary N) is 1. The lowest BCUT2D eigenvalue weighted by molar-refractivity contribution is 0.721. The van der Waals surface area contributed by atoms with E-state index < -0.39 is 11.2 Å². The first kappa shape index (κ1) is 12.3. The highest BCUT2D eigenvalue weighted by molar-refractivity contribution is 7.10. The lowest BCUT2D eigenvalue weighted by Crippen LogP contribution is -2.31. The molecular formula is C12H11N3O2S. The van der Waals surface area contributed by atoms with Crippen molar-refractivity contribution in [3.8, 4) is 6.07 Å². The predicted octanol–water partition coefficient (Wildman–Crippen LogP) is 1.08. The van der Waals surface area contributed by atoms with Crippen molar-refractivity contribution in [1.82, 2.24) is 9.55 Å². The Morgan fingerprint density at radius 3 is 2.94 bits per heavy atom. The third-order valence-corrected chi connectivity index (χ3v) is 3.61. The summed E-state index contributed by atoms with van der Waals surface area (Å²) >= 11 is 1.56. The van der Waals surface area contributed by atoms with Gasteiger partial charge in [-0.15, -0.1) is 11.3 Å². The zero-order valence-electron chi connectivity index (χ0n) is 9.77. The Bertz CT molecular complexity index is 718. The van der Waals surface area contributed by atoms with E-state index in [1.807, 2.05) is 18.4 Å². The summed E-state index contributed by atoms with van der Waals surface area (Å²) in [5.41, 5.74) is -0.00379. The maximum absolute atomic E-state index is 11.6. The standard InChI is InChI=1S/C12H11N3O2S/c1-2-8-3-4-18-10(8)7-15-6-9(5-13)11(16)14-12(15)17/h3-4,6H,2,7H2,1H3,(H,14,16,17). The fraction of sp³-hybridized carbons (Fsp3) is 0.250. The molecule has 0 bridgehead atoms. The van der Waals surface area contributed by atoms with Crippen LogP contribution in [0.15, 0.2) is 27.2 Å². The first-order chi connectivity index (χ1) is 8.65. The van der Waals surface area contributed by atoms with Gasteiger partial charge in [0.1, 0.15) is 11.6 Å². The normalized spacial score (nSPS) is 10.2. The molecule has 0 aliphatic rings. The van der Waals surface area contributed by atoms with Crippen LogP contribution >= 0.6 is 11.3 Å². The molecule has 2 rings (SSSR count). The van der Waals surface area contributed by atoms with Crippen LogP contribution < -0.4 is 11.2 Å². The highest BCUT2D eigenvalue weighted by atomic mass is 32.1. The van der Waals surface area contributed by atoms with Gasteiger partial charge >= 0.3 is 5.69 Å². The van der Waals surface area contributed by atoms with E-state index in [9.17, 15) is 9.59 Å². The van der Waals surface area contributed by atoms with Gasteiger partial charge in [0, 0.05) is 11.1 Å². The van der Waals surface area contributed by atoms with Crippen molar-refractivity contribution in [1.29, 1.82) is 5.26 Å². The molecule has 0 radical (unpaired) electrons. The smallest absolute Gasteiger partial charge is 0.294 e. The molecule has 5 nitrogen and oxygen atoms in total. The Labute approximate surface area is 107 Å². The highest BCUT2D eigenvalue weighted by Gasteiger charge is 2.07. The van der Waals surface area contributed by atoms with Crippen molar-refractivity contribution in [2.45, 2.75) is 19.9 Å². The zero-order valence-corrected chi connectivity index (χ0v) is 10.6. The number of aryl methyl sites for hydroxylation is 1. The van der Waals surface area contributed by atoms with Crippen molar-refractivity contribution >= 4 is 11.3 Å². The van der Waals surface area contributed by atoms with Crippen LogP contribution in [0.3, 0.4) is 0 Å². The number of hydrogen-bond donors (Lipinski definition) is 1. The Morgan fingerprint density at radius 2 is 2.28 bits per heavy atom. The molecule has 18 heavy (non-hydrogen) atoms. The summed E-state index contributed by atoms with van der Waals surface area (Å²) in [6.45, 7) is 2.42. The van der Waals surface area contributed by atoms with Crippen LogP contribution in [0.25, 0.3) is 0 Å². The van der Waals surface area contributed by atoms with Crippen LogP contribution in [-0.2, 0) is 13.0 Å². The van der Waals surface area contributed by atoms with Crippen LogP contribution in [0.2, 0.25) is 0 Å². The number of hydrogen-bond acceptors (Lipinski definition) is 4. The molecule has 0 aromatic carbocycles. The molecular weight excluding hydrogens is 250 g/mol. The van der Waals surface area contributed by atoms with E-state index in [1.54, 1.807) is 17.4 Å². The second kappa shape index (κ2) is 5.02. The Hall–Kier alpha value is -2.13. The van der Waals surface area contributed by atoms with Crippen molar-refractivity contribution < 1.29 is 0 Å². The van der Waals surface area contributed by atoms with Gasteiger partial charge in [-0.1, -0.05) is 6.92 Å². The summed E-state index contributed by atoms with van der Waals surface area (Å²) in [7, 11) is 0. The van der Waals surface area contributed by atoms with Gasteiger partial charge < -0.3 is 0 Å². The summed E-state index contributed by atoms with van der Waals surface area (Å²) in [4.78, 5) is 26.1. The van der Waals surface area contributed by atoms with Gasteiger partial charge in [0.15, 0.2) is 0 Å². The topological polar surface area (TPSA) is 78.7 Å². The van der Waals surface area contributed by atoms with Crippen molar-refractivity contribution in [3.05, 3.63) is 54.5 Å². The van der Waals surface area contributed by atoms with Crippen LogP contribution in [-0.4, -0.2) is 9.55 Å². The Morgan fingerprint density at radius 1 is 1.50 bits per heavy atom. The average molecular weight is 261 g/mol. The van der Waals surface area contributed by atoms with Gasteiger partial charge in [0.05, 0.1) is 6.54 Å². The van der Waals surface area contributed by atoms with Crippen LogP contribution in [0.1, 0.15) is 22.9 Å². The number of aromatic nitrogens is 2. The number of H-pyrrole nitrogens is 1. The molecule has 2 heterocycles. The molecule has 0 aliphatic carbocycles. The van der Waals surface area contributed by atoms with Gasteiger partial charge in [-0.25, -0.2) is 4.79 Å². The fourth-order valence-electron chi connectivity index (χ4n) is 1.68. The van der Waals surface area contributed by atoms with Gasteiger partial charge in [-0.2, -0.15) is 5.26 Å². The van der Waals surface area contributed by atoms with E-state index in [-0.39, 0.29) is 5.56 Å². The second-order valence-electron chi connectivity index (χ2n) is 3.76. The van der Waals surface area contributed by atoms with Crippen molar-refractivity contribution in [3.63, 3.8) is 0 Å². The van der Waals surface area contributed by atoms with Gasteiger partial charge in [0.2, 0.25) is 0 Å². The number of nitrogens with zero attached hydrogens (tertiary/aromatic N) is 2. The van der Waals surface area contributed by atoms with Gasteiger partial charge in [0.25, 0.3) is 5.56 Å².